The number of benzene rings is 1. The number of likely N-dealkylation sites (N-methyl/N-ethyl adjacent to an activating group) is 1. The zero-order chi connectivity index (χ0) is 23.3. The first-order valence-corrected chi connectivity index (χ1v) is 10.8. The minimum atomic E-state index is -1.09. The summed E-state index contributed by atoms with van der Waals surface area (Å²) in [6.07, 6.45) is 1.06. The molecule has 1 unspecified atom stereocenters. The second kappa shape index (κ2) is 10.4. The molecule has 0 radical (unpaired) electrons. The van der Waals surface area contributed by atoms with Gasteiger partial charge in [0.15, 0.2) is 5.92 Å². The van der Waals surface area contributed by atoms with Crippen LogP contribution in [0.4, 0.5) is 4.79 Å². The van der Waals surface area contributed by atoms with Crippen molar-refractivity contribution in [3.8, 4) is 0 Å². The summed E-state index contributed by atoms with van der Waals surface area (Å²) in [7, 11) is 2.93. The number of aryl methyl sites for hydroxylation is 1. The highest BCUT2D eigenvalue weighted by atomic mass is 35.5. The van der Waals surface area contributed by atoms with E-state index in [0.717, 1.165) is 11.1 Å². The molecule has 1 aromatic carbocycles. The molecular weight excluding hydrogens is 424 g/mol. The number of nitrogens with zero attached hydrogens (tertiary/aromatic N) is 1. The highest BCUT2D eigenvalue weighted by molar-refractivity contribution is 6.30. The quantitative estimate of drug-likeness (QED) is 0.360. The van der Waals surface area contributed by atoms with Gasteiger partial charge in [0, 0.05) is 24.0 Å². The summed E-state index contributed by atoms with van der Waals surface area (Å²) in [6, 6.07) is 5.30. The van der Waals surface area contributed by atoms with Gasteiger partial charge >= 0.3 is 18.0 Å². The number of carbonyl (C=O) groups is 3. The average molecular weight is 456 g/mol. The van der Waals surface area contributed by atoms with E-state index in [0.29, 0.717) is 17.9 Å². The van der Waals surface area contributed by atoms with Gasteiger partial charge in [-0.1, -0.05) is 17.7 Å². The standard InChI is InChI=1S/C23H32ClNO6/c1-7-30-21(27)18(20(26)29-6)13-17-16-10-9-15(24)12-14(16)8-11-19(17)25(5)22(28)31-23(2,3)4/h9-10,12,17-19H,7-8,11,13H2,1-6H3/t17-,18?,19-/m1/s1/i21+2. The maximum absolute atomic E-state index is 12.8. The second-order valence-corrected chi connectivity index (χ2v) is 9.15. The first-order chi connectivity index (χ1) is 14.5. The van der Waals surface area contributed by atoms with Gasteiger partial charge in [0.25, 0.3) is 0 Å². The summed E-state index contributed by atoms with van der Waals surface area (Å²) in [5.74, 6) is -2.68. The van der Waals surface area contributed by atoms with Crippen LogP contribution in [0.5, 0.6) is 0 Å². The van der Waals surface area contributed by atoms with E-state index < -0.39 is 29.6 Å². The van der Waals surface area contributed by atoms with Gasteiger partial charge in [-0.05, 0) is 70.2 Å². The third-order valence-corrected chi connectivity index (χ3v) is 5.64. The lowest BCUT2D eigenvalue weighted by atomic mass is 9.75. The van der Waals surface area contributed by atoms with Crippen molar-refractivity contribution in [2.24, 2.45) is 5.92 Å². The number of esters is 2. The van der Waals surface area contributed by atoms with Gasteiger partial charge in [0.05, 0.1) is 13.7 Å². The van der Waals surface area contributed by atoms with E-state index in [1.807, 2.05) is 32.9 Å². The molecule has 0 saturated carbocycles. The minimum Gasteiger partial charge on any atom is -0.468 e. The van der Waals surface area contributed by atoms with E-state index in [2.05, 4.69) is 0 Å². The summed E-state index contributed by atoms with van der Waals surface area (Å²) in [6.45, 7) is 7.26. The van der Waals surface area contributed by atoms with Crippen LogP contribution in [0.2, 0.25) is 5.02 Å². The van der Waals surface area contributed by atoms with Gasteiger partial charge in [0.1, 0.15) is 5.60 Å². The van der Waals surface area contributed by atoms with Crippen LogP contribution < -0.4 is 0 Å². The third-order valence-electron chi connectivity index (χ3n) is 5.40. The van der Waals surface area contributed by atoms with E-state index in [-0.39, 0.29) is 25.0 Å². The van der Waals surface area contributed by atoms with E-state index in [1.54, 1.807) is 24.9 Å². The van der Waals surface area contributed by atoms with Crippen LogP contribution in [-0.2, 0) is 30.2 Å². The molecular formula is C23H32ClNO6. The minimum absolute atomic E-state index is 0.151. The Hall–Kier alpha value is -2.28. The number of hydrogen-bond acceptors (Lipinski definition) is 6. The molecule has 0 aliphatic heterocycles. The number of methoxy groups -OCH3 is 1. The first-order valence-electron chi connectivity index (χ1n) is 10.5. The summed E-state index contributed by atoms with van der Waals surface area (Å²) in [4.78, 5) is 39.3. The van der Waals surface area contributed by atoms with Crippen molar-refractivity contribution >= 4 is 29.6 Å². The van der Waals surface area contributed by atoms with Gasteiger partial charge in [0.2, 0.25) is 0 Å². The Morgan fingerprint density at radius 3 is 2.58 bits per heavy atom. The molecule has 1 aliphatic rings. The van der Waals surface area contributed by atoms with Crippen LogP contribution in [0.3, 0.4) is 0 Å². The van der Waals surface area contributed by atoms with E-state index >= 15 is 0 Å². The molecule has 2 rings (SSSR count). The molecule has 0 saturated heterocycles. The fraction of sp³-hybridized carbons (Fsp3) is 0.609. The zero-order valence-corrected chi connectivity index (χ0v) is 19.8. The van der Waals surface area contributed by atoms with Crippen molar-refractivity contribution in [1.29, 1.82) is 0 Å². The highest BCUT2D eigenvalue weighted by Crippen LogP contribution is 2.40. The van der Waals surface area contributed by atoms with Crippen molar-refractivity contribution in [2.45, 2.75) is 64.5 Å². The Labute approximate surface area is 189 Å². The number of carbonyl (C=O) groups excluding carboxylic acids is 3. The van der Waals surface area contributed by atoms with Crippen LogP contribution in [-0.4, -0.2) is 55.3 Å². The summed E-state index contributed by atoms with van der Waals surface area (Å²) >= 11 is 6.18. The number of hydrogen-bond donors (Lipinski definition) is 0. The molecule has 7 nitrogen and oxygen atoms in total. The molecule has 8 heteroatoms. The molecule has 0 spiro atoms. The Bertz CT molecular complexity index is 819. The molecule has 172 valence electrons. The Morgan fingerprint density at radius 2 is 2.00 bits per heavy atom. The second-order valence-electron chi connectivity index (χ2n) is 8.71. The van der Waals surface area contributed by atoms with Crippen LogP contribution >= 0.6 is 11.6 Å². The number of fused-ring (bicyclic) bond motifs is 1. The molecule has 0 fully saturated rings. The topological polar surface area (TPSA) is 82.1 Å². The fourth-order valence-corrected chi connectivity index (χ4v) is 4.20. The van der Waals surface area contributed by atoms with Crippen molar-refractivity contribution in [1.82, 2.24) is 4.90 Å². The molecule has 0 bridgehead atoms. The monoisotopic (exact) mass is 455 g/mol. The van der Waals surface area contributed by atoms with Crippen molar-refractivity contribution in [2.75, 3.05) is 20.8 Å². The lowest BCUT2D eigenvalue weighted by Gasteiger charge is -2.40. The van der Waals surface area contributed by atoms with E-state index in [4.69, 9.17) is 25.8 Å². The molecule has 1 aliphatic carbocycles. The molecule has 1 aromatic rings. The summed E-state index contributed by atoms with van der Waals surface area (Å²) in [5.41, 5.74) is 1.36. The third kappa shape index (κ3) is 6.35. The van der Waals surface area contributed by atoms with Gasteiger partial charge in [-0.2, -0.15) is 0 Å². The molecule has 3 atom stereocenters. The molecule has 0 heterocycles. The lowest BCUT2D eigenvalue weighted by molar-refractivity contribution is -0.161. The largest absolute Gasteiger partial charge is 0.468 e. The molecule has 31 heavy (non-hydrogen) atoms. The van der Waals surface area contributed by atoms with Crippen molar-refractivity contribution in [3.63, 3.8) is 0 Å². The lowest BCUT2D eigenvalue weighted by Crippen LogP contribution is -2.46. The Morgan fingerprint density at radius 1 is 1.32 bits per heavy atom. The van der Waals surface area contributed by atoms with Crippen LogP contribution in [0.1, 0.15) is 57.6 Å². The Kier molecular flexibility index (Phi) is 8.34. The highest BCUT2D eigenvalue weighted by Gasteiger charge is 2.41. The maximum atomic E-state index is 12.8. The fourth-order valence-electron chi connectivity index (χ4n) is 4.01. The Balaban J connectivity index is 2.43. The normalized spacial score (nSPS) is 19.1. The smallest absolute Gasteiger partial charge is 0.410 e. The summed E-state index contributed by atoms with van der Waals surface area (Å²) < 4.78 is 15.5. The first kappa shape index (κ1) is 25.0. The summed E-state index contributed by atoms with van der Waals surface area (Å²) in [5, 5.41) is 0.617. The van der Waals surface area contributed by atoms with Crippen molar-refractivity contribution in [3.05, 3.63) is 34.3 Å². The average Bonchev–Trinajstić information content (AvgIpc) is 2.69. The SMILES string of the molecule is CCO[14C](=O)C(C[C@@H]1c2ccc(Cl)cc2CC[C@H]1N(C)C(=O)OC(C)(C)C)C(=O)OC. The van der Waals surface area contributed by atoms with Crippen LogP contribution in [0.15, 0.2) is 18.2 Å². The molecule has 0 N–H and O–H groups in total. The number of rotatable bonds is 6. The van der Waals surface area contributed by atoms with Gasteiger partial charge in [-0.25, -0.2) is 4.79 Å². The van der Waals surface area contributed by atoms with Gasteiger partial charge < -0.3 is 19.1 Å². The van der Waals surface area contributed by atoms with Crippen molar-refractivity contribution < 1.29 is 28.6 Å². The molecule has 1 amide bonds. The predicted molar refractivity (Wildman–Crippen MR) is 117 cm³/mol. The number of ether oxygens (including phenoxy) is 3. The van der Waals surface area contributed by atoms with E-state index in [1.165, 1.54) is 7.11 Å². The van der Waals surface area contributed by atoms with Crippen LogP contribution in [0.25, 0.3) is 0 Å². The predicted octanol–water partition coefficient (Wildman–Crippen LogP) is 4.35. The zero-order valence-electron chi connectivity index (χ0n) is 19.1. The van der Waals surface area contributed by atoms with E-state index in [9.17, 15) is 14.4 Å². The van der Waals surface area contributed by atoms with Gasteiger partial charge in [-0.3, -0.25) is 9.59 Å². The number of amides is 1. The van der Waals surface area contributed by atoms with Gasteiger partial charge in [-0.15, -0.1) is 0 Å². The van der Waals surface area contributed by atoms with Crippen LogP contribution in [0, 0.1) is 5.92 Å². The maximum Gasteiger partial charge on any atom is 0.410 e. The molecule has 0 aromatic heterocycles. The number of halogens is 1.